The van der Waals surface area contributed by atoms with E-state index in [0.29, 0.717) is 23.4 Å². The van der Waals surface area contributed by atoms with Crippen molar-refractivity contribution in [1.29, 1.82) is 5.26 Å². The number of fused-ring (bicyclic) bond motifs is 5. The second-order valence-corrected chi connectivity index (χ2v) is 9.50. The first kappa shape index (κ1) is 18.7. The molecule has 29 heavy (non-hydrogen) atoms. The van der Waals surface area contributed by atoms with E-state index in [-0.39, 0.29) is 24.2 Å². The Labute approximate surface area is 173 Å². The standard InChI is InChI=1S/C22H23FN4OS/c1-2-20-25-10-19(29-20)12-4-3-11(17(23)6-12)5-13(9-24)26-22(28)21-16-8-18(27-21)15-7-14(15)16/h3-4,6,10,13-16,18,21,27H,2,5,7-8H2,1H3,(H,26,28)/t13-,14+,15-,16-,18-,21-/m0/s1. The fraction of sp³-hybridized carbons (Fsp3) is 0.500. The van der Waals surface area contributed by atoms with Crippen LogP contribution in [0.1, 0.15) is 30.3 Å². The number of carbonyl (C=O) groups is 1. The number of aryl methyl sites for hydroxylation is 1. The number of nitrogens with one attached hydrogen (secondary N) is 2. The normalized spacial score (nSPS) is 29.9. The summed E-state index contributed by atoms with van der Waals surface area (Å²) in [6.07, 6.45) is 5.07. The van der Waals surface area contributed by atoms with Gasteiger partial charge in [-0.2, -0.15) is 5.26 Å². The quantitative estimate of drug-likeness (QED) is 0.767. The summed E-state index contributed by atoms with van der Waals surface area (Å²) in [5.41, 5.74) is 1.22. The van der Waals surface area contributed by atoms with Crippen molar-refractivity contribution in [3.63, 3.8) is 0 Å². The molecular weight excluding hydrogens is 387 g/mol. The van der Waals surface area contributed by atoms with Crippen LogP contribution in [0, 0.1) is 34.9 Å². The summed E-state index contributed by atoms with van der Waals surface area (Å²) in [6, 6.07) is 6.69. The highest BCUT2D eigenvalue weighted by Crippen LogP contribution is 2.59. The average Bonchev–Trinajstić information content (AvgIpc) is 3.09. The molecule has 7 heteroatoms. The van der Waals surface area contributed by atoms with Gasteiger partial charge in [-0.25, -0.2) is 9.37 Å². The lowest BCUT2D eigenvalue weighted by molar-refractivity contribution is -0.124. The Morgan fingerprint density at radius 2 is 2.28 bits per heavy atom. The molecule has 1 aromatic carbocycles. The third kappa shape index (κ3) is 3.34. The van der Waals surface area contributed by atoms with Crippen LogP contribution in [0.4, 0.5) is 4.39 Å². The van der Waals surface area contributed by atoms with Crippen molar-refractivity contribution in [2.75, 3.05) is 0 Å². The number of carbonyl (C=O) groups excluding carboxylic acids is 1. The molecule has 6 atom stereocenters. The molecule has 1 amide bonds. The van der Waals surface area contributed by atoms with E-state index in [9.17, 15) is 14.4 Å². The van der Waals surface area contributed by atoms with Crippen LogP contribution in [0.15, 0.2) is 24.4 Å². The van der Waals surface area contributed by atoms with Crippen LogP contribution in [0.5, 0.6) is 0 Å². The van der Waals surface area contributed by atoms with Gasteiger partial charge in [-0.05, 0) is 54.2 Å². The van der Waals surface area contributed by atoms with Gasteiger partial charge in [0.05, 0.1) is 22.0 Å². The smallest absolute Gasteiger partial charge is 0.238 e. The third-order valence-electron chi connectivity index (χ3n) is 6.68. The summed E-state index contributed by atoms with van der Waals surface area (Å²) < 4.78 is 14.7. The topological polar surface area (TPSA) is 77.8 Å². The van der Waals surface area contributed by atoms with Gasteiger partial charge in [0.25, 0.3) is 0 Å². The average molecular weight is 411 g/mol. The monoisotopic (exact) mass is 410 g/mol. The number of hydrogen-bond donors (Lipinski definition) is 2. The van der Waals surface area contributed by atoms with E-state index in [1.807, 2.05) is 13.0 Å². The predicted molar refractivity (Wildman–Crippen MR) is 109 cm³/mol. The lowest BCUT2D eigenvalue weighted by Crippen LogP contribution is -2.51. The Morgan fingerprint density at radius 1 is 1.41 bits per heavy atom. The van der Waals surface area contributed by atoms with Gasteiger partial charge in [0.2, 0.25) is 5.91 Å². The molecule has 150 valence electrons. The van der Waals surface area contributed by atoms with Crippen molar-refractivity contribution in [1.82, 2.24) is 15.6 Å². The highest BCUT2D eigenvalue weighted by Gasteiger charge is 2.62. The molecule has 2 saturated carbocycles. The zero-order valence-electron chi connectivity index (χ0n) is 16.2. The van der Waals surface area contributed by atoms with Gasteiger partial charge in [0.15, 0.2) is 0 Å². The van der Waals surface area contributed by atoms with Crippen LogP contribution in [0.25, 0.3) is 10.4 Å². The molecule has 1 aliphatic heterocycles. The summed E-state index contributed by atoms with van der Waals surface area (Å²) in [7, 11) is 0. The molecule has 2 N–H and O–H groups in total. The number of nitriles is 1. The molecule has 3 aliphatic rings. The number of thiazole rings is 1. The first-order valence-electron chi connectivity index (χ1n) is 10.3. The summed E-state index contributed by atoms with van der Waals surface area (Å²) in [5.74, 6) is 1.36. The SMILES string of the molecule is CCc1ncc(-c2ccc(C[C@@H](C#N)NC(=O)[C@H]3N[C@H]4C[C@H]3[C@@H]3C[C@@H]34)c(F)c2)s1. The van der Waals surface area contributed by atoms with E-state index in [1.165, 1.54) is 12.5 Å². The minimum atomic E-state index is -0.742. The first-order chi connectivity index (χ1) is 14.1. The maximum absolute atomic E-state index is 14.7. The molecule has 1 aromatic heterocycles. The van der Waals surface area contributed by atoms with Crippen LogP contribution >= 0.6 is 11.3 Å². The van der Waals surface area contributed by atoms with Crippen LogP contribution in [0.3, 0.4) is 0 Å². The molecule has 5 nitrogen and oxygen atoms in total. The second-order valence-electron chi connectivity index (χ2n) is 8.39. The van der Waals surface area contributed by atoms with Crippen molar-refractivity contribution in [2.24, 2.45) is 17.8 Å². The van der Waals surface area contributed by atoms with E-state index >= 15 is 0 Å². The molecule has 2 aromatic rings. The summed E-state index contributed by atoms with van der Waals surface area (Å²) >= 11 is 1.56. The van der Waals surface area contributed by atoms with Gasteiger partial charge in [0, 0.05) is 18.7 Å². The Bertz CT molecular complexity index is 999. The minimum absolute atomic E-state index is 0.122. The zero-order chi connectivity index (χ0) is 20.1. The molecule has 5 rings (SSSR count). The molecular formula is C22H23FN4OS. The Hall–Kier alpha value is -2.30. The Kier molecular flexibility index (Phi) is 4.64. The molecule has 2 heterocycles. The molecule has 0 spiro atoms. The van der Waals surface area contributed by atoms with E-state index in [0.717, 1.165) is 34.2 Å². The molecule has 0 unspecified atom stereocenters. The lowest BCUT2D eigenvalue weighted by Gasteiger charge is -2.23. The largest absolute Gasteiger partial charge is 0.339 e. The van der Waals surface area contributed by atoms with Crippen LogP contribution < -0.4 is 10.6 Å². The van der Waals surface area contributed by atoms with Gasteiger partial charge >= 0.3 is 0 Å². The van der Waals surface area contributed by atoms with Gasteiger partial charge in [-0.1, -0.05) is 19.1 Å². The van der Waals surface area contributed by atoms with Crippen LogP contribution in [-0.4, -0.2) is 29.0 Å². The molecule has 2 bridgehead atoms. The number of amides is 1. The Balaban J connectivity index is 1.25. The van der Waals surface area contributed by atoms with Gasteiger partial charge < -0.3 is 10.6 Å². The zero-order valence-corrected chi connectivity index (χ0v) is 17.0. The van der Waals surface area contributed by atoms with Crippen molar-refractivity contribution in [2.45, 2.75) is 50.7 Å². The molecule has 0 radical (unpaired) electrons. The molecule has 1 saturated heterocycles. The van der Waals surface area contributed by atoms with E-state index in [1.54, 1.807) is 23.6 Å². The number of benzene rings is 1. The lowest BCUT2D eigenvalue weighted by atomic mass is 9.96. The van der Waals surface area contributed by atoms with Gasteiger partial charge in [-0.15, -0.1) is 11.3 Å². The fourth-order valence-electron chi connectivity index (χ4n) is 5.12. The minimum Gasteiger partial charge on any atom is -0.339 e. The van der Waals surface area contributed by atoms with Crippen molar-refractivity contribution < 1.29 is 9.18 Å². The number of piperidine rings is 1. The van der Waals surface area contributed by atoms with Crippen LogP contribution in [0.2, 0.25) is 0 Å². The van der Waals surface area contributed by atoms with Gasteiger partial charge in [0.1, 0.15) is 11.9 Å². The number of rotatable bonds is 6. The predicted octanol–water partition coefficient (Wildman–Crippen LogP) is 3.06. The number of hydrogen-bond acceptors (Lipinski definition) is 5. The van der Waals surface area contributed by atoms with E-state index < -0.39 is 6.04 Å². The molecule has 3 fully saturated rings. The fourth-order valence-corrected chi connectivity index (χ4v) is 5.97. The number of nitrogens with zero attached hydrogens (tertiary/aromatic N) is 2. The number of aromatic nitrogens is 1. The summed E-state index contributed by atoms with van der Waals surface area (Å²) in [4.78, 5) is 17.9. The summed E-state index contributed by atoms with van der Waals surface area (Å²) in [6.45, 7) is 2.04. The number of halogens is 1. The first-order valence-corrected chi connectivity index (χ1v) is 11.1. The second kappa shape index (κ2) is 7.19. The highest BCUT2D eigenvalue weighted by atomic mass is 32.1. The maximum Gasteiger partial charge on any atom is 0.238 e. The maximum atomic E-state index is 14.7. The third-order valence-corrected chi connectivity index (χ3v) is 7.87. The Morgan fingerprint density at radius 3 is 2.93 bits per heavy atom. The van der Waals surface area contributed by atoms with E-state index in [4.69, 9.17) is 0 Å². The molecule has 2 aliphatic carbocycles. The van der Waals surface area contributed by atoms with Crippen LogP contribution in [-0.2, 0) is 17.6 Å². The van der Waals surface area contributed by atoms with Gasteiger partial charge in [-0.3, -0.25) is 4.79 Å². The van der Waals surface area contributed by atoms with Crippen molar-refractivity contribution in [3.05, 3.63) is 40.8 Å². The highest BCUT2D eigenvalue weighted by molar-refractivity contribution is 7.15. The van der Waals surface area contributed by atoms with E-state index in [2.05, 4.69) is 21.7 Å². The van der Waals surface area contributed by atoms with Crippen molar-refractivity contribution in [3.8, 4) is 16.5 Å². The summed E-state index contributed by atoms with van der Waals surface area (Å²) in [5, 5.41) is 16.8. The van der Waals surface area contributed by atoms with Crippen molar-refractivity contribution >= 4 is 17.2 Å².